The summed E-state index contributed by atoms with van der Waals surface area (Å²) in [5.74, 6) is 0.793. The van der Waals surface area contributed by atoms with E-state index in [9.17, 15) is 4.79 Å². The quantitative estimate of drug-likeness (QED) is 0.373. The summed E-state index contributed by atoms with van der Waals surface area (Å²) >= 11 is 14.8. The number of nitrogens with zero attached hydrogens (tertiary/aromatic N) is 2. The van der Waals surface area contributed by atoms with Crippen LogP contribution in [-0.4, -0.2) is 27.7 Å². The van der Waals surface area contributed by atoms with Crippen molar-refractivity contribution in [1.82, 2.24) is 9.97 Å². The second-order valence-corrected chi connectivity index (χ2v) is 10.2. The summed E-state index contributed by atoms with van der Waals surface area (Å²) < 4.78 is 5.96. The summed E-state index contributed by atoms with van der Waals surface area (Å²) in [6.45, 7) is 4.88. The Morgan fingerprint density at radius 2 is 2.20 bits per heavy atom. The van der Waals surface area contributed by atoms with Crippen molar-refractivity contribution in [2.45, 2.75) is 38.1 Å². The standard InChI is InChI=1S/C20H20Cl2N4O2S2/c1-9(2)14-6-11-15(7-28-14)30-19-17(11)18(23)25-20(26-19)29-8-16(27)24-13-4-3-10(21)5-12(13)22/h3-5,9,14H,6-8H2,1-2H3,(H,24,27)(H2,23,25,26)/t14-/m0/s1. The number of fused-ring (bicyclic) bond motifs is 3. The van der Waals surface area contributed by atoms with Gasteiger partial charge in [0, 0.05) is 16.3 Å². The number of ether oxygens (including phenoxy) is 1. The van der Waals surface area contributed by atoms with Crippen LogP contribution in [0.15, 0.2) is 23.4 Å². The van der Waals surface area contributed by atoms with Crippen LogP contribution in [0.25, 0.3) is 10.2 Å². The number of nitrogens with one attached hydrogen (secondary N) is 1. The molecule has 3 aromatic rings. The molecule has 1 atom stereocenters. The van der Waals surface area contributed by atoms with Crippen LogP contribution in [0.1, 0.15) is 24.3 Å². The number of benzene rings is 1. The van der Waals surface area contributed by atoms with E-state index in [4.69, 9.17) is 33.7 Å². The molecule has 158 valence electrons. The van der Waals surface area contributed by atoms with Crippen molar-refractivity contribution in [2.75, 3.05) is 16.8 Å². The zero-order valence-electron chi connectivity index (χ0n) is 16.4. The fourth-order valence-electron chi connectivity index (χ4n) is 3.29. The van der Waals surface area contributed by atoms with Gasteiger partial charge in [-0.25, -0.2) is 9.97 Å². The van der Waals surface area contributed by atoms with Crippen LogP contribution in [0.5, 0.6) is 0 Å². The van der Waals surface area contributed by atoms with Crippen molar-refractivity contribution >= 4 is 73.9 Å². The molecule has 0 fully saturated rings. The summed E-state index contributed by atoms with van der Waals surface area (Å²) in [6, 6.07) is 4.91. The number of hydrogen-bond acceptors (Lipinski definition) is 7. The van der Waals surface area contributed by atoms with E-state index in [-0.39, 0.29) is 17.8 Å². The van der Waals surface area contributed by atoms with Crippen molar-refractivity contribution in [3.8, 4) is 0 Å². The lowest BCUT2D eigenvalue weighted by Gasteiger charge is -2.26. The van der Waals surface area contributed by atoms with Gasteiger partial charge in [0.25, 0.3) is 0 Å². The van der Waals surface area contributed by atoms with Crippen molar-refractivity contribution in [3.05, 3.63) is 38.7 Å². The summed E-state index contributed by atoms with van der Waals surface area (Å²) in [7, 11) is 0. The van der Waals surface area contributed by atoms with E-state index in [1.54, 1.807) is 29.5 Å². The number of halogens is 2. The predicted molar refractivity (Wildman–Crippen MR) is 125 cm³/mol. The smallest absolute Gasteiger partial charge is 0.234 e. The fraction of sp³-hybridized carbons (Fsp3) is 0.350. The van der Waals surface area contributed by atoms with E-state index in [0.717, 1.165) is 21.5 Å². The van der Waals surface area contributed by atoms with Crippen molar-refractivity contribution in [2.24, 2.45) is 5.92 Å². The molecule has 30 heavy (non-hydrogen) atoms. The van der Waals surface area contributed by atoms with Gasteiger partial charge in [0.1, 0.15) is 10.6 Å². The van der Waals surface area contributed by atoms with Gasteiger partial charge in [0.2, 0.25) is 5.91 Å². The van der Waals surface area contributed by atoms with Gasteiger partial charge in [-0.1, -0.05) is 48.8 Å². The lowest BCUT2D eigenvalue weighted by molar-refractivity contribution is -0.113. The highest BCUT2D eigenvalue weighted by molar-refractivity contribution is 7.99. The Morgan fingerprint density at radius 3 is 2.93 bits per heavy atom. The maximum Gasteiger partial charge on any atom is 0.234 e. The van der Waals surface area contributed by atoms with Crippen molar-refractivity contribution in [3.63, 3.8) is 0 Å². The number of rotatable bonds is 5. The van der Waals surface area contributed by atoms with Crippen molar-refractivity contribution in [1.29, 1.82) is 0 Å². The molecule has 0 spiro atoms. The Hall–Kier alpha value is -1.58. The molecule has 1 aliphatic heterocycles. The highest BCUT2D eigenvalue weighted by Crippen LogP contribution is 2.39. The molecule has 10 heteroatoms. The Balaban J connectivity index is 1.48. The van der Waals surface area contributed by atoms with E-state index in [1.165, 1.54) is 17.3 Å². The van der Waals surface area contributed by atoms with Crippen LogP contribution in [0, 0.1) is 5.92 Å². The van der Waals surface area contributed by atoms with E-state index in [2.05, 4.69) is 29.1 Å². The first-order chi connectivity index (χ1) is 14.3. The topological polar surface area (TPSA) is 90.1 Å². The zero-order chi connectivity index (χ0) is 21.4. The van der Waals surface area contributed by atoms with Crippen LogP contribution >= 0.6 is 46.3 Å². The zero-order valence-corrected chi connectivity index (χ0v) is 19.5. The third kappa shape index (κ3) is 4.53. The van der Waals surface area contributed by atoms with Gasteiger partial charge in [0.05, 0.1) is 34.6 Å². The van der Waals surface area contributed by atoms with E-state index in [0.29, 0.717) is 39.2 Å². The molecular formula is C20H20Cl2N4O2S2. The van der Waals surface area contributed by atoms with Gasteiger partial charge in [-0.15, -0.1) is 11.3 Å². The van der Waals surface area contributed by atoms with Crippen LogP contribution in [0.2, 0.25) is 10.0 Å². The molecule has 0 saturated carbocycles. The summed E-state index contributed by atoms with van der Waals surface area (Å²) in [5, 5.41) is 5.05. The number of thioether (sulfide) groups is 1. The summed E-state index contributed by atoms with van der Waals surface area (Å²) in [5.41, 5.74) is 7.99. The molecule has 0 bridgehead atoms. The Kier molecular flexibility index (Phi) is 6.41. The third-order valence-electron chi connectivity index (χ3n) is 4.86. The average molecular weight is 483 g/mol. The second-order valence-electron chi connectivity index (χ2n) is 7.33. The number of carbonyl (C=O) groups is 1. The molecule has 0 aliphatic carbocycles. The first-order valence-electron chi connectivity index (χ1n) is 9.39. The second kappa shape index (κ2) is 8.88. The van der Waals surface area contributed by atoms with E-state index < -0.39 is 0 Å². The number of anilines is 2. The van der Waals surface area contributed by atoms with E-state index in [1.807, 2.05) is 0 Å². The normalized spacial score (nSPS) is 16.1. The molecule has 3 heterocycles. The minimum atomic E-state index is -0.217. The van der Waals surface area contributed by atoms with E-state index >= 15 is 0 Å². The lowest BCUT2D eigenvalue weighted by atomic mass is 9.96. The molecule has 0 radical (unpaired) electrons. The number of nitrogens with two attached hydrogens (primary N) is 1. The number of thiophene rings is 1. The molecule has 6 nitrogen and oxygen atoms in total. The molecule has 3 N–H and O–H groups in total. The molecule has 2 aromatic heterocycles. The van der Waals surface area contributed by atoms with Gasteiger partial charge in [-0.05, 0) is 29.7 Å². The maximum absolute atomic E-state index is 12.3. The van der Waals surface area contributed by atoms with Gasteiger partial charge in [-0.2, -0.15) is 0 Å². The SMILES string of the molecule is CC(C)[C@@H]1Cc2c(sc3nc(SCC(=O)Nc4ccc(Cl)cc4Cl)nc(N)c23)CO1. The highest BCUT2D eigenvalue weighted by atomic mass is 35.5. The first-order valence-corrected chi connectivity index (χ1v) is 11.9. The van der Waals surface area contributed by atoms with Gasteiger partial charge in [0.15, 0.2) is 5.16 Å². The van der Waals surface area contributed by atoms with Gasteiger partial charge < -0.3 is 15.8 Å². The predicted octanol–water partition coefficient (Wildman–Crippen LogP) is 5.41. The number of carbonyl (C=O) groups excluding carboxylic acids is 1. The van der Waals surface area contributed by atoms with Gasteiger partial charge >= 0.3 is 0 Å². The number of nitrogen functional groups attached to an aromatic ring is 1. The molecule has 1 amide bonds. The number of hydrogen-bond donors (Lipinski definition) is 2. The Labute approximate surface area is 192 Å². The molecule has 4 rings (SSSR count). The minimum Gasteiger partial charge on any atom is -0.383 e. The van der Waals surface area contributed by atoms with Crippen LogP contribution < -0.4 is 11.1 Å². The van der Waals surface area contributed by atoms with Crippen molar-refractivity contribution < 1.29 is 9.53 Å². The molecule has 1 aliphatic rings. The monoisotopic (exact) mass is 482 g/mol. The van der Waals surface area contributed by atoms with Crippen LogP contribution in [-0.2, 0) is 22.6 Å². The summed E-state index contributed by atoms with van der Waals surface area (Å²) in [4.78, 5) is 23.4. The number of aromatic nitrogens is 2. The van der Waals surface area contributed by atoms with Crippen LogP contribution in [0.4, 0.5) is 11.5 Å². The maximum atomic E-state index is 12.3. The minimum absolute atomic E-state index is 0.132. The molecular weight excluding hydrogens is 463 g/mol. The van der Waals surface area contributed by atoms with Gasteiger partial charge in [-0.3, -0.25) is 4.79 Å². The number of amides is 1. The first kappa shape index (κ1) is 21.6. The van der Waals surface area contributed by atoms with Crippen LogP contribution in [0.3, 0.4) is 0 Å². The lowest BCUT2D eigenvalue weighted by Crippen LogP contribution is -2.26. The third-order valence-corrected chi connectivity index (χ3v) is 7.35. The molecule has 1 aromatic carbocycles. The molecule has 0 unspecified atom stereocenters. The Morgan fingerprint density at radius 1 is 1.40 bits per heavy atom. The summed E-state index contributed by atoms with van der Waals surface area (Å²) in [6.07, 6.45) is 0.990. The average Bonchev–Trinajstić information content (AvgIpc) is 3.06. The fourth-order valence-corrected chi connectivity index (χ4v) is 5.58. The highest BCUT2D eigenvalue weighted by Gasteiger charge is 2.27. The Bertz CT molecular complexity index is 1120. The largest absolute Gasteiger partial charge is 0.383 e. The molecule has 0 saturated heterocycles.